The van der Waals surface area contributed by atoms with Crippen LogP contribution in [0.25, 0.3) is 0 Å². The van der Waals surface area contributed by atoms with Gasteiger partial charge in [-0.2, -0.15) is 0 Å². The fourth-order valence-corrected chi connectivity index (χ4v) is 3.02. The molecule has 25 heavy (non-hydrogen) atoms. The maximum Gasteiger partial charge on any atom is 0.269 e. The maximum atomic E-state index is 12.0. The van der Waals surface area contributed by atoms with Crippen LogP contribution >= 0.6 is 11.3 Å². The van der Waals surface area contributed by atoms with Crippen LogP contribution in [0.3, 0.4) is 0 Å². The Morgan fingerprint density at radius 2 is 1.76 bits per heavy atom. The zero-order valence-electron chi connectivity index (χ0n) is 13.1. The molecule has 0 aliphatic rings. The second kappa shape index (κ2) is 7.63. The van der Waals surface area contributed by atoms with E-state index >= 15 is 0 Å². The number of nitro benzene ring substituents is 1. The van der Waals surface area contributed by atoms with Gasteiger partial charge in [0.25, 0.3) is 5.69 Å². The van der Waals surface area contributed by atoms with Crippen molar-refractivity contribution in [2.45, 2.75) is 12.8 Å². The molecule has 7 nitrogen and oxygen atoms in total. The average molecular weight is 354 g/mol. The minimum atomic E-state index is -0.435. The highest BCUT2D eigenvalue weighted by atomic mass is 32.1. The number of hydrogen-bond acceptors (Lipinski definition) is 6. The first kappa shape index (κ1) is 16.7. The Labute approximate surface area is 147 Å². The van der Waals surface area contributed by atoms with E-state index in [0.717, 1.165) is 16.1 Å². The number of carbonyl (C=O) groups excluding carboxylic acids is 1. The number of anilines is 1. The van der Waals surface area contributed by atoms with Crippen LogP contribution in [0, 0.1) is 10.1 Å². The van der Waals surface area contributed by atoms with Crippen LogP contribution < -0.4 is 5.32 Å². The van der Waals surface area contributed by atoms with E-state index in [4.69, 9.17) is 0 Å². The molecule has 0 saturated carbocycles. The van der Waals surface area contributed by atoms with Gasteiger partial charge in [0.15, 0.2) is 0 Å². The van der Waals surface area contributed by atoms with Crippen molar-refractivity contribution in [2.24, 2.45) is 0 Å². The summed E-state index contributed by atoms with van der Waals surface area (Å²) in [5.41, 5.74) is 1.87. The van der Waals surface area contributed by atoms with E-state index in [9.17, 15) is 14.9 Å². The highest BCUT2D eigenvalue weighted by Crippen LogP contribution is 2.20. The molecule has 8 heteroatoms. The van der Waals surface area contributed by atoms with Crippen LogP contribution in [0.15, 0.2) is 54.6 Å². The van der Waals surface area contributed by atoms with Crippen LogP contribution in [0.4, 0.5) is 10.8 Å². The van der Waals surface area contributed by atoms with Crippen molar-refractivity contribution >= 4 is 28.1 Å². The van der Waals surface area contributed by atoms with Crippen LogP contribution in [0.1, 0.15) is 16.1 Å². The smallest absolute Gasteiger partial charge is 0.269 e. The van der Waals surface area contributed by atoms with Crippen LogP contribution in [-0.2, 0) is 17.6 Å². The summed E-state index contributed by atoms with van der Waals surface area (Å²) in [7, 11) is 0. The van der Waals surface area contributed by atoms with Gasteiger partial charge in [-0.3, -0.25) is 14.9 Å². The minimum Gasteiger partial charge on any atom is -0.300 e. The molecule has 0 atom stereocenters. The normalized spacial score (nSPS) is 10.4. The van der Waals surface area contributed by atoms with Gasteiger partial charge >= 0.3 is 0 Å². The average Bonchev–Trinajstić information content (AvgIpc) is 3.03. The van der Waals surface area contributed by atoms with E-state index in [0.29, 0.717) is 11.6 Å². The molecule has 0 aliphatic carbocycles. The third-order valence-corrected chi connectivity index (χ3v) is 4.26. The standard InChI is InChI=1S/C17H14N4O3S/c22-15(10-12-4-2-1-3-5-12)18-17-20-19-16(25-17)11-13-6-8-14(9-7-13)21(23)24/h1-9H,10-11H2,(H,18,20,22). The van der Waals surface area contributed by atoms with Gasteiger partial charge in [0, 0.05) is 18.6 Å². The Balaban J connectivity index is 1.58. The van der Waals surface area contributed by atoms with Crippen molar-refractivity contribution in [1.29, 1.82) is 0 Å². The molecule has 0 bridgehead atoms. The summed E-state index contributed by atoms with van der Waals surface area (Å²) in [4.78, 5) is 22.2. The Bertz CT molecular complexity index is 878. The SMILES string of the molecule is O=C(Cc1ccccc1)Nc1nnc(Cc2ccc([N+](=O)[O-])cc2)s1. The molecule has 1 amide bonds. The Morgan fingerprint density at radius 1 is 1.04 bits per heavy atom. The van der Waals surface area contributed by atoms with Crippen LogP contribution in [0.5, 0.6) is 0 Å². The lowest BCUT2D eigenvalue weighted by atomic mass is 10.1. The van der Waals surface area contributed by atoms with Gasteiger partial charge in [-0.05, 0) is 11.1 Å². The lowest BCUT2D eigenvalue weighted by molar-refractivity contribution is -0.384. The molecule has 0 unspecified atom stereocenters. The van der Waals surface area contributed by atoms with Crippen molar-refractivity contribution in [3.63, 3.8) is 0 Å². The lowest BCUT2D eigenvalue weighted by Crippen LogP contribution is -2.14. The molecule has 0 fully saturated rings. The Hall–Kier alpha value is -3.13. The first-order valence-electron chi connectivity index (χ1n) is 7.49. The number of amides is 1. The molecule has 3 aromatic rings. The zero-order chi connectivity index (χ0) is 17.6. The summed E-state index contributed by atoms with van der Waals surface area (Å²) >= 11 is 1.29. The summed E-state index contributed by atoms with van der Waals surface area (Å²) in [5.74, 6) is -0.149. The van der Waals surface area contributed by atoms with Gasteiger partial charge in [-0.25, -0.2) is 0 Å². The number of non-ortho nitro benzene ring substituents is 1. The monoisotopic (exact) mass is 354 g/mol. The predicted octanol–water partition coefficient (Wildman–Crippen LogP) is 3.22. The molecule has 126 valence electrons. The fraction of sp³-hybridized carbons (Fsp3) is 0.118. The van der Waals surface area contributed by atoms with Crippen LogP contribution in [0.2, 0.25) is 0 Å². The summed E-state index contributed by atoms with van der Waals surface area (Å²) in [6.45, 7) is 0. The highest BCUT2D eigenvalue weighted by molar-refractivity contribution is 7.15. The molecular formula is C17H14N4O3S. The second-order valence-electron chi connectivity index (χ2n) is 5.31. The number of carbonyl (C=O) groups is 1. The van der Waals surface area contributed by atoms with Crippen LogP contribution in [-0.4, -0.2) is 21.0 Å². The first-order valence-corrected chi connectivity index (χ1v) is 8.31. The van der Waals surface area contributed by atoms with Gasteiger partial charge in [-0.1, -0.05) is 53.8 Å². The van der Waals surface area contributed by atoms with E-state index in [1.807, 2.05) is 30.3 Å². The third kappa shape index (κ3) is 4.67. The molecule has 0 saturated heterocycles. The predicted molar refractivity (Wildman–Crippen MR) is 94.6 cm³/mol. The lowest BCUT2D eigenvalue weighted by Gasteiger charge is -2.00. The van der Waals surface area contributed by atoms with E-state index in [2.05, 4.69) is 15.5 Å². The number of nitro groups is 1. The summed E-state index contributed by atoms with van der Waals surface area (Å²) in [5, 5.41) is 22.6. The van der Waals surface area contributed by atoms with Gasteiger partial charge in [0.1, 0.15) is 5.01 Å². The van der Waals surface area contributed by atoms with Gasteiger partial charge in [0.05, 0.1) is 11.3 Å². The van der Waals surface area contributed by atoms with Crippen molar-refractivity contribution in [3.8, 4) is 0 Å². The zero-order valence-corrected chi connectivity index (χ0v) is 13.9. The molecule has 0 aliphatic heterocycles. The van der Waals surface area contributed by atoms with E-state index < -0.39 is 4.92 Å². The minimum absolute atomic E-state index is 0.0508. The van der Waals surface area contributed by atoms with Crippen molar-refractivity contribution in [3.05, 3.63) is 80.8 Å². The molecule has 3 rings (SSSR count). The highest BCUT2D eigenvalue weighted by Gasteiger charge is 2.10. The quantitative estimate of drug-likeness (QED) is 0.541. The molecule has 1 N–H and O–H groups in total. The number of rotatable bonds is 6. The molecule has 0 radical (unpaired) electrons. The largest absolute Gasteiger partial charge is 0.300 e. The van der Waals surface area contributed by atoms with Gasteiger partial charge < -0.3 is 5.32 Å². The first-order chi connectivity index (χ1) is 12.1. The summed E-state index contributed by atoms with van der Waals surface area (Å²) < 4.78 is 0. The third-order valence-electron chi connectivity index (χ3n) is 3.42. The number of nitrogens with zero attached hydrogens (tertiary/aromatic N) is 3. The Morgan fingerprint density at radius 3 is 2.44 bits per heavy atom. The van der Waals surface area contributed by atoms with Crippen molar-refractivity contribution in [1.82, 2.24) is 10.2 Å². The number of aromatic nitrogens is 2. The molecule has 1 aromatic heterocycles. The van der Waals surface area contributed by atoms with Crippen molar-refractivity contribution < 1.29 is 9.72 Å². The van der Waals surface area contributed by atoms with E-state index in [-0.39, 0.29) is 18.0 Å². The number of hydrogen-bond donors (Lipinski definition) is 1. The number of benzene rings is 2. The Kier molecular flexibility index (Phi) is 5.10. The van der Waals surface area contributed by atoms with E-state index in [1.54, 1.807) is 12.1 Å². The van der Waals surface area contributed by atoms with Gasteiger partial charge in [-0.15, -0.1) is 10.2 Å². The van der Waals surface area contributed by atoms with Crippen molar-refractivity contribution in [2.75, 3.05) is 5.32 Å². The second-order valence-corrected chi connectivity index (χ2v) is 6.37. The fourth-order valence-electron chi connectivity index (χ4n) is 2.23. The van der Waals surface area contributed by atoms with Gasteiger partial charge in [0.2, 0.25) is 11.0 Å². The summed E-state index contributed by atoms with van der Waals surface area (Å²) in [6.07, 6.45) is 0.780. The maximum absolute atomic E-state index is 12.0. The topological polar surface area (TPSA) is 98.0 Å². The molecule has 1 heterocycles. The number of nitrogens with one attached hydrogen (secondary N) is 1. The molecular weight excluding hydrogens is 340 g/mol. The van der Waals surface area contributed by atoms with E-state index in [1.165, 1.54) is 23.5 Å². The molecule has 0 spiro atoms. The molecule has 2 aromatic carbocycles. The summed E-state index contributed by atoms with van der Waals surface area (Å²) in [6, 6.07) is 15.7.